The van der Waals surface area contributed by atoms with Crippen molar-refractivity contribution >= 4 is 31.9 Å². The average Bonchev–Trinajstić information content (AvgIpc) is 2.30. The number of aromatic nitrogens is 1. The highest BCUT2D eigenvalue weighted by Gasteiger charge is 2.05. The molecule has 0 atom stereocenters. The number of pyridine rings is 1. The van der Waals surface area contributed by atoms with Crippen LogP contribution in [0.3, 0.4) is 0 Å². The van der Waals surface area contributed by atoms with Crippen LogP contribution in [0.4, 0.5) is 0 Å². The highest BCUT2D eigenvalue weighted by molar-refractivity contribution is 9.11. The molecule has 0 bridgehead atoms. The van der Waals surface area contributed by atoms with E-state index in [1.807, 2.05) is 6.20 Å². The first-order chi connectivity index (χ1) is 8.08. The van der Waals surface area contributed by atoms with Crippen molar-refractivity contribution < 1.29 is 0 Å². The molecule has 1 N–H and O–H groups in total. The predicted octanol–water partition coefficient (Wildman–Crippen LogP) is 3.15. The zero-order chi connectivity index (χ0) is 12.8. The topological polar surface area (TPSA) is 34.0 Å². The normalized spacial score (nSPS) is 11.1. The van der Waals surface area contributed by atoms with Crippen molar-refractivity contribution in [1.82, 2.24) is 9.88 Å². The van der Waals surface area contributed by atoms with Crippen LogP contribution in [-0.2, 0) is 6.54 Å². The minimum Gasteiger partial charge on any atom is -0.312 e. The van der Waals surface area contributed by atoms with Crippen LogP contribution in [0.5, 0.6) is 0 Å². The molecular formula is C12H18Br2N2O. The fourth-order valence-corrected chi connectivity index (χ4v) is 2.95. The van der Waals surface area contributed by atoms with Crippen molar-refractivity contribution in [3.8, 4) is 0 Å². The number of halogens is 2. The van der Waals surface area contributed by atoms with Crippen molar-refractivity contribution in [2.24, 2.45) is 0 Å². The summed E-state index contributed by atoms with van der Waals surface area (Å²) in [5.41, 5.74) is 0.0135. The molecule has 3 nitrogen and oxygen atoms in total. The first kappa shape index (κ1) is 14.9. The van der Waals surface area contributed by atoms with Gasteiger partial charge < -0.3 is 9.88 Å². The van der Waals surface area contributed by atoms with E-state index in [4.69, 9.17) is 0 Å². The van der Waals surface area contributed by atoms with Gasteiger partial charge in [-0.1, -0.05) is 13.8 Å². The average molecular weight is 366 g/mol. The van der Waals surface area contributed by atoms with E-state index < -0.39 is 0 Å². The monoisotopic (exact) mass is 364 g/mol. The third kappa shape index (κ3) is 4.56. The van der Waals surface area contributed by atoms with Crippen molar-refractivity contribution in [2.45, 2.75) is 39.3 Å². The zero-order valence-corrected chi connectivity index (χ0v) is 13.3. The summed E-state index contributed by atoms with van der Waals surface area (Å²) in [6.45, 7) is 5.84. The van der Waals surface area contributed by atoms with Gasteiger partial charge in [0, 0.05) is 29.8 Å². The summed E-state index contributed by atoms with van der Waals surface area (Å²) < 4.78 is 3.21. The van der Waals surface area contributed by atoms with E-state index in [1.54, 1.807) is 10.6 Å². The zero-order valence-electron chi connectivity index (χ0n) is 10.2. The Morgan fingerprint density at radius 3 is 2.59 bits per heavy atom. The molecule has 0 aliphatic carbocycles. The summed E-state index contributed by atoms with van der Waals surface area (Å²) in [5, 5.41) is 3.44. The molecule has 0 saturated heterocycles. The van der Waals surface area contributed by atoms with Crippen molar-refractivity contribution in [2.75, 3.05) is 6.54 Å². The highest BCUT2D eigenvalue weighted by atomic mass is 79.9. The Morgan fingerprint density at radius 2 is 2.00 bits per heavy atom. The van der Waals surface area contributed by atoms with Crippen LogP contribution in [-0.4, -0.2) is 17.2 Å². The fraction of sp³-hybridized carbons (Fsp3) is 0.583. The fourth-order valence-electron chi connectivity index (χ4n) is 1.70. The lowest BCUT2D eigenvalue weighted by atomic mass is 10.2. The van der Waals surface area contributed by atoms with Gasteiger partial charge in [0.05, 0.1) is 4.47 Å². The number of nitrogens with one attached hydrogen (secondary N) is 1. The summed E-state index contributed by atoms with van der Waals surface area (Å²) in [4.78, 5) is 11.8. The van der Waals surface area contributed by atoms with Gasteiger partial charge in [-0.25, -0.2) is 0 Å². The second-order valence-corrected chi connectivity index (χ2v) is 5.74. The SMILES string of the molecule is CCC(CC)NCCn1cc(Br)cc(Br)c1=O. The van der Waals surface area contributed by atoms with E-state index in [2.05, 4.69) is 51.0 Å². The Hall–Kier alpha value is -0.130. The highest BCUT2D eigenvalue weighted by Crippen LogP contribution is 2.12. The van der Waals surface area contributed by atoms with Gasteiger partial charge in [-0.15, -0.1) is 0 Å². The summed E-state index contributed by atoms with van der Waals surface area (Å²) >= 11 is 6.65. The van der Waals surface area contributed by atoms with Crippen molar-refractivity contribution in [1.29, 1.82) is 0 Å². The molecule has 0 aliphatic heterocycles. The molecule has 0 unspecified atom stereocenters. The first-order valence-corrected chi connectivity index (χ1v) is 7.46. The molecular weight excluding hydrogens is 348 g/mol. The minimum atomic E-state index is 0.0135. The molecule has 0 fully saturated rings. The first-order valence-electron chi connectivity index (χ1n) is 5.87. The second kappa shape index (κ2) is 7.34. The van der Waals surface area contributed by atoms with Crippen LogP contribution in [0.2, 0.25) is 0 Å². The molecule has 0 spiro atoms. The minimum absolute atomic E-state index is 0.0135. The lowest BCUT2D eigenvalue weighted by Gasteiger charge is -2.15. The molecule has 1 aromatic heterocycles. The number of nitrogens with zero attached hydrogens (tertiary/aromatic N) is 1. The van der Waals surface area contributed by atoms with E-state index in [1.165, 1.54) is 0 Å². The lowest BCUT2D eigenvalue weighted by molar-refractivity contribution is 0.462. The standard InChI is InChI=1S/C12H18Br2N2O/c1-3-10(4-2)15-5-6-16-8-9(13)7-11(14)12(16)17/h7-8,10,15H,3-6H2,1-2H3. The van der Waals surface area contributed by atoms with Crippen molar-refractivity contribution in [3.63, 3.8) is 0 Å². The van der Waals surface area contributed by atoms with Gasteiger partial charge in [0.25, 0.3) is 5.56 Å². The molecule has 0 aliphatic rings. The van der Waals surface area contributed by atoms with Gasteiger partial charge in [-0.3, -0.25) is 4.79 Å². The summed E-state index contributed by atoms with van der Waals surface area (Å²) in [7, 11) is 0. The predicted molar refractivity (Wildman–Crippen MR) is 78.5 cm³/mol. The second-order valence-electron chi connectivity index (χ2n) is 3.97. The molecule has 96 valence electrons. The molecule has 0 radical (unpaired) electrons. The Labute approximate surface area is 119 Å². The maximum atomic E-state index is 11.8. The van der Waals surface area contributed by atoms with Crippen LogP contribution in [0, 0.1) is 0 Å². The maximum Gasteiger partial charge on any atom is 0.264 e. The van der Waals surface area contributed by atoms with Crippen LogP contribution >= 0.6 is 31.9 Å². The quantitative estimate of drug-likeness (QED) is 0.840. The third-order valence-corrected chi connectivity index (χ3v) is 3.78. The molecule has 17 heavy (non-hydrogen) atoms. The van der Waals surface area contributed by atoms with Crippen LogP contribution in [0.1, 0.15) is 26.7 Å². The van der Waals surface area contributed by atoms with E-state index in [-0.39, 0.29) is 5.56 Å². The third-order valence-electron chi connectivity index (χ3n) is 2.78. The van der Waals surface area contributed by atoms with Gasteiger partial charge in [-0.05, 0) is 50.8 Å². The van der Waals surface area contributed by atoms with Crippen molar-refractivity contribution in [3.05, 3.63) is 31.6 Å². The molecule has 5 heteroatoms. The molecule has 1 rings (SSSR count). The van der Waals surface area contributed by atoms with E-state index in [0.29, 0.717) is 17.1 Å². The van der Waals surface area contributed by atoms with E-state index in [0.717, 1.165) is 23.9 Å². The summed E-state index contributed by atoms with van der Waals surface area (Å²) in [6.07, 6.45) is 4.06. The van der Waals surface area contributed by atoms with Gasteiger partial charge in [0.15, 0.2) is 0 Å². The lowest BCUT2D eigenvalue weighted by Crippen LogP contribution is -2.33. The number of hydrogen-bond acceptors (Lipinski definition) is 2. The van der Waals surface area contributed by atoms with E-state index in [9.17, 15) is 4.79 Å². The summed E-state index contributed by atoms with van der Waals surface area (Å²) in [6, 6.07) is 2.31. The summed E-state index contributed by atoms with van der Waals surface area (Å²) in [5.74, 6) is 0. The maximum absolute atomic E-state index is 11.8. The van der Waals surface area contributed by atoms with Crippen LogP contribution < -0.4 is 10.9 Å². The largest absolute Gasteiger partial charge is 0.312 e. The molecule has 1 aromatic rings. The Bertz CT molecular complexity index is 413. The Kier molecular flexibility index (Phi) is 6.44. The Morgan fingerprint density at radius 1 is 1.35 bits per heavy atom. The Balaban J connectivity index is 2.61. The number of rotatable bonds is 6. The molecule has 0 aromatic carbocycles. The van der Waals surface area contributed by atoms with Gasteiger partial charge >= 0.3 is 0 Å². The molecule has 0 saturated carbocycles. The van der Waals surface area contributed by atoms with Gasteiger partial charge in [0.1, 0.15) is 0 Å². The van der Waals surface area contributed by atoms with Crippen LogP contribution in [0.25, 0.3) is 0 Å². The smallest absolute Gasteiger partial charge is 0.264 e. The van der Waals surface area contributed by atoms with E-state index >= 15 is 0 Å². The van der Waals surface area contributed by atoms with Gasteiger partial charge in [-0.2, -0.15) is 0 Å². The number of hydrogen-bond donors (Lipinski definition) is 1. The van der Waals surface area contributed by atoms with Crippen LogP contribution in [0.15, 0.2) is 26.0 Å². The molecule has 0 amide bonds. The molecule has 1 heterocycles. The van der Waals surface area contributed by atoms with Gasteiger partial charge in [0.2, 0.25) is 0 Å².